The molecule has 0 radical (unpaired) electrons. The van der Waals surface area contributed by atoms with Crippen LogP contribution in [0.15, 0.2) is 24.3 Å². The Kier molecular flexibility index (Phi) is 4.98. The third-order valence-corrected chi connectivity index (χ3v) is 3.82. The lowest BCUT2D eigenvalue weighted by Crippen LogP contribution is -2.25. The lowest BCUT2D eigenvalue weighted by Gasteiger charge is -2.21. The molecule has 0 aliphatic heterocycles. The van der Waals surface area contributed by atoms with E-state index in [1.54, 1.807) is 12.1 Å². The minimum Gasteiger partial charge on any atom is -0.372 e. The van der Waals surface area contributed by atoms with E-state index in [0.29, 0.717) is 5.69 Å². The van der Waals surface area contributed by atoms with Gasteiger partial charge in [0.2, 0.25) is 0 Å². The van der Waals surface area contributed by atoms with Gasteiger partial charge in [-0.3, -0.25) is 4.55 Å². The molecule has 0 amide bonds. The second-order valence-electron chi connectivity index (χ2n) is 4.02. The van der Waals surface area contributed by atoms with Crippen LogP contribution in [0.2, 0.25) is 0 Å². The van der Waals surface area contributed by atoms with E-state index in [0.717, 1.165) is 18.8 Å². The second kappa shape index (κ2) is 6.06. The Bertz CT molecular complexity index is 467. The van der Waals surface area contributed by atoms with Gasteiger partial charge in [-0.15, -0.1) is 0 Å². The molecule has 0 aromatic heterocycles. The highest BCUT2D eigenvalue weighted by molar-refractivity contribution is 7.86. The first-order chi connectivity index (χ1) is 8.38. The van der Waals surface area contributed by atoms with Crippen molar-refractivity contribution in [2.45, 2.75) is 26.1 Å². The van der Waals surface area contributed by atoms with Crippen molar-refractivity contribution in [3.63, 3.8) is 0 Å². The van der Waals surface area contributed by atoms with E-state index in [4.69, 9.17) is 4.55 Å². The van der Waals surface area contributed by atoms with Crippen molar-refractivity contribution in [2.24, 2.45) is 0 Å². The van der Waals surface area contributed by atoms with Crippen LogP contribution in [-0.2, 0) is 10.1 Å². The third-order valence-electron chi connectivity index (χ3n) is 2.81. The number of rotatable bonds is 6. The fraction of sp³-hybridized carbons (Fsp3) is 0.500. The van der Waals surface area contributed by atoms with Gasteiger partial charge in [0, 0.05) is 24.5 Å². The highest BCUT2D eigenvalue weighted by atomic mass is 32.2. The quantitative estimate of drug-likeness (QED) is 0.777. The minimum atomic E-state index is -4.06. The molecule has 1 aromatic rings. The summed E-state index contributed by atoms with van der Waals surface area (Å²) in [6.07, 6.45) is 0. The fourth-order valence-electron chi connectivity index (χ4n) is 1.67. The second-order valence-corrected chi connectivity index (χ2v) is 5.76. The molecule has 2 N–H and O–H groups in total. The lowest BCUT2D eigenvalue weighted by molar-refractivity contribution is 0.475. The van der Waals surface area contributed by atoms with Gasteiger partial charge in [0.15, 0.2) is 5.37 Å². The van der Waals surface area contributed by atoms with Crippen LogP contribution in [0.5, 0.6) is 0 Å². The van der Waals surface area contributed by atoms with Crippen LogP contribution < -0.4 is 10.2 Å². The number of hydrogen-bond donors (Lipinski definition) is 2. The minimum absolute atomic E-state index is 0.663. The van der Waals surface area contributed by atoms with Crippen LogP contribution in [0.25, 0.3) is 0 Å². The molecule has 1 rings (SSSR count). The van der Waals surface area contributed by atoms with Crippen LogP contribution in [0, 0.1) is 0 Å². The molecular formula is C12H20N2O3S. The summed E-state index contributed by atoms with van der Waals surface area (Å²) in [5.41, 5.74) is 1.75. The summed E-state index contributed by atoms with van der Waals surface area (Å²) < 4.78 is 30.6. The molecule has 0 saturated heterocycles. The maximum Gasteiger partial charge on any atom is 0.285 e. The molecule has 6 heteroatoms. The molecule has 5 nitrogen and oxygen atoms in total. The Labute approximate surface area is 109 Å². The van der Waals surface area contributed by atoms with Gasteiger partial charge in [-0.1, -0.05) is 0 Å². The van der Waals surface area contributed by atoms with E-state index in [1.807, 2.05) is 12.1 Å². The fourth-order valence-corrected chi connectivity index (χ4v) is 1.95. The number of anilines is 2. The van der Waals surface area contributed by atoms with E-state index >= 15 is 0 Å². The van der Waals surface area contributed by atoms with Gasteiger partial charge < -0.3 is 10.2 Å². The van der Waals surface area contributed by atoms with Crippen LogP contribution in [0.1, 0.15) is 20.8 Å². The van der Waals surface area contributed by atoms with Gasteiger partial charge in [-0.25, -0.2) is 0 Å². The van der Waals surface area contributed by atoms with Crippen LogP contribution >= 0.6 is 0 Å². The summed E-state index contributed by atoms with van der Waals surface area (Å²) in [6, 6.07) is 7.45. The first-order valence-corrected chi connectivity index (χ1v) is 7.46. The first kappa shape index (κ1) is 14.8. The van der Waals surface area contributed by atoms with Crippen molar-refractivity contribution >= 4 is 21.5 Å². The maximum atomic E-state index is 10.9. The Morgan fingerprint density at radius 2 is 1.72 bits per heavy atom. The van der Waals surface area contributed by atoms with Crippen molar-refractivity contribution in [1.29, 1.82) is 0 Å². The Morgan fingerprint density at radius 3 is 2.11 bits per heavy atom. The van der Waals surface area contributed by atoms with Gasteiger partial charge >= 0.3 is 0 Å². The molecule has 0 aliphatic rings. The number of hydrogen-bond acceptors (Lipinski definition) is 4. The Hall–Kier alpha value is -1.27. The molecule has 1 unspecified atom stereocenters. The van der Waals surface area contributed by atoms with Crippen molar-refractivity contribution in [3.05, 3.63) is 24.3 Å². The van der Waals surface area contributed by atoms with E-state index in [2.05, 4.69) is 24.1 Å². The van der Waals surface area contributed by atoms with E-state index in [9.17, 15) is 8.42 Å². The maximum absolute atomic E-state index is 10.9. The zero-order chi connectivity index (χ0) is 13.8. The molecule has 18 heavy (non-hydrogen) atoms. The average molecular weight is 272 g/mol. The molecule has 0 heterocycles. The summed E-state index contributed by atoms with van der Waals surface area (Å²) in [6.45, 7) is 7.40. The molecule has 102 valence electrons. The number of benzene rings is 1. The molecule has 1 atom stereocenters. The van der Waals surface area contributed by atoms with Gasteiger partial charge in [0.25, 0.3) is 10.1 Å². The zero-order valence-corrected chi connectivity index (χ0v) is 11.7. The highest BCUT2D eigenvalue weighted by Crippen LogP contribution is 2.18. The molecular weight excluding hydrogens is 252 g/mol. The molecule has 0 aliphatic carbocycles. The topological polar surface area (TPSA) is 69.6 Å². The Balaban J connectivity index is 2.77. The molecule has 1 aromatic carbocycles. The van der Waals surface area contributed by atoms with Gasteiger partial charge in [-0.2, -0.15) is 8.42 Å². The van der Waals surface area contributed by atoms with Crippen molar-refractivity contribution in [1.82, 2.24) is 0 Å². The SMILES string of the molecule is CCN(CC)c1ccc(NC(C)S(=O)(=O)O)cc1. The lowest BCUT2D eigenvalue weighted by atomic mass is 10.2. The van der Waals surface area contributed by atoms with Crippen molar-refractivity contribution in [2.75, 3.05) is 23.3 Å². The number of nitrogens with one attached hydrogen (secondary N) is 1. The van der Waals surface area contributed by atoms with E-state index in [1.165, 1.54) is 6.92 Å². The monoisotopic (exact) mass is 272 g/mol. The normalized spacial score (nSPS) is 13.1. The van der Waals surface area contributed by atoms with Gasteiger partial charge in [0.05, 0.1) is 0 Å². The van der Waals surface area contributed by atoms with Crippen LogP contribution in [0.3, 0.4) is 0 Å². The van der Waals surface area contributed by atoms with E-state index in [-0.39, 0.29) is 0 Å². The molecule has 0 spiro atoms. The molecule has 0 saturated carbocycles. The summed E-state index contributed by atoms with van der Waals surface area (Å²) >= 11 is 0. The predicted molar refractivity (Wildman–Crippen MR) is 74.6 cm³/mol. The van der Waals surface area contributed by atoms with E-state index < -0.39 is 15.5 Å². The zero-order valence-electron chi connectivity index (χ0n) is 10.9. The van der Waals surface area contributed by atoms with Crippen LogP contribution in [0.4, 0.5) is 11.4 Å². The van der Waals surface area contributed by atoms with Crippen molar-refractivity contribution in [3.8, 4) is 0 Å². The summed E-state index contributed by atoms with van der Waals surface area (Å²) in [4.78, 5) is 2.19. The van der Waals surface area contributed by atoms with Crippen LogP contribution in [-0.4, -0.2) is 31.4 Å². The predicted octanol–water partition coefficient (Wildman–Crippen LogP) is 2.18. The Morgan fingerprint density at radius 1 is 1.22 bits per heavy atom. The van der Waals surface area contributed by atoms with Gasteiger partial charge in [0.1, 0.15) is 0 Å². The summed E-state index contributed by atoms with van der Waals surface area (Å²) in [5.74, 6) is 0. The first-order valence-electron chi connectivity index (χ1n) is 5.96. The number of nitrogens with zero attached hydrogens (tertiary/aromatic N) is 1. The molecule has 0 bridgehead atoms. The van der Waals surface area contributed by atoms with Gasteiger partial charge in [-0.05, 0) is 45.0 Å². The third kappa shape index (κ3) is 3.89. The molecule has 0 fully saturated rings. The standard InChI is InChI=1S/C12H20N2O3S/c1-4-14(5-2)12-8-6-11(7-9-12)13-10(3)18(15,16)17/h6-10,13H,4-5H2,1-3H3,(H,15,16,17). The smallest absolute Gasteiger partial charge is 0.285 e. The summed E-state index contributed by atoms with van der Waals surface area (Å²) in [7, 11) is -4.06. The highest BCUT2D eigenvalue weighted by Gasteiger charge is 2.16. The summed E-state index contributed by atoms with van der Waals surface area (Å²) in [5, 5.41) is 1.71. The largest absolute Gasteiger partial charge is 0.372 e. The average Bonchev–Trinajstić information content (AvgIpc) is 2.31. The van der Waals surface area contributed by atoms with Crippen molar-refractivity contribution < 1.29 is 13.0 Å².